The SMILES string of the molecule is CC(C)(C)OC(=O)N1CCNCCN(C(C)(C)C)CCN(C(=O)OC(C)(C)C)CC1. The van der Waals surface area contributed by atoms with Crippen LogP contribution < -0.4 is 5.32 Å². The van der Waals surface area contributed by atoms with Crippen molar-refractivity contribution in [1.29, 1.82) is 0 Å². The Morgan fingerprint density at radius 3 is 1.47 bits per heavy atom. The van der Waals surface area contributed by atoms with Crippen LogP contribution in [0, 0.1) is 0 Å². The molecule has 1 rings (SSSR count). The monoisotopic (exact) mass is 428 g/mol. The van der Waals surface area contributed by atoms with E-state index in [1.165, 1.54) is 0 Å². The maximum absolute atomic E-state index is 12.8. The molecule has 1 saturated heterocycles. The van der Waals surface area contributed by atoms with Crippen molar-refractivity contribution in [3.8, 4) is 0 Å². The maximum atomic E-state index is 12.8. The second-order valence-corrected chi connectivity index (χ2v) is 10.8. The number of hydrogen-bond acceptors (Lipinski definition) is 6. The summed E-state index contributed by atoms with van der Waals surface area (Å²) in [6.45, 7) is 22.6. The van der Waals surface area contributed by atoms with Gasteiger partial charge in [0.05, 0.1) is 0 Å². The van der Waals surface area contributed by atoms with Gasteiger partial charge in [0, 0.05) is 57.9 Å². The van der Waals surface area contributed by atoms with Crippen molar-refractivity contribution in [3.05, 3.63) is 0 Å². The fourth-order valence-corrected chi connectivity index (χ4v) is 3.06. The number of hydrogen-bond donors (Lipinski definition) is 1. The van der Waals surface area contributed by atoms with Crippen molar-refractivity contribution in [1.82, 2.24) is 20.0 Å². The molecule has 1 aliphatic heterocycles. The fourth-order valence-electron chi connectivity index (χ4n) is 3.06. The van der Waals surface area contributed by atoms with E-state index in [1.807, 2.05) is 41.5 Å². The summed E-state index contributed by atoms with van der Waals surface area (Å²) in [6.07, 6.45) is -0.711. The van der Waals surface area contributed by atoms with E-state index in [9.17, 15) is 9.59 Å². The van der Waals surface area contributed by atoms with Crippen molar-refractivity contribution in [2.24, 2.45) is 0 Å². The summed E-state index contributed by atoms with van der Waals surface area (Å²) in [7, 11) is 0. The van der Waals surface area contributed by atoms with Gasteiger partial charge in [0.15, 0.2) is 0 Å². The highest BCUT2D eigenvalue weighted by atomic mass is 16.6. The Morgan fingerprint density at radius 2 is 1.03 bits per heavy atom. The van der Waals surface area contributed by atoms with Crippen LogP contribution in [0.2, 0.25) is 0 Å². The molecule has 176 valence electrons. The van der Waals surface area contributed by atoms with Crippen molar-refractivity contribution in [2.45, 2.75) is 79.1 Å². The number of nitrogens with one attached hydrogen (secondary N) is 1. The maximum Gasteiger partial charge on any atom is 0.410 e. The van der Waals surface area contributed by atoms with Gasteiger partial charge < -0.3 is 24.6 Å². The lowest BCUT2D eigenvalue weighted by Gasteiger charge is -2.38. The summed E-state index contributed by atoms with van der Waals surface area (Å²) in [5.41, 5.74) is -1.14. The zero-order valence-corrected chi connectivity index (χ0v) is 20.6. The van der Waals surface area contributed by atoms with Gasteiger partial charge in [-0.25, -0.2) is 9.59 Å². The first kappa shape index (κ1) is 26.5. The largest absolute Gasteiger partial charge is 0.444 e. The molecule has 1 aliphatic rings. The van der Waals surface area contributed by atoms with Gasteiger partial charge in [-0.3, -0.25) is 4.90 Å². The van der Waals surface area contributed by atoms with Crippen molar-refractivity contribution >= 4 is 12.2 Å². The smallest absolute Gasteiger partial charge is 0.410 e. The lowest BCUT2D eigenvalue weighted by molar-refractivity contribution is 0.0100. The Hall–Kier alpha value is -1.54. The van der Waals surface area contributed by atoms with E-state index in [0.29, 0.717) is 32.7 Å². The summed E-state index contributed by atoms with van der Waals surface area (Å²) in [6, 6.07) is 0. The van der Waals surface area contributed by atoms with E-state index in [4.69, 9.17) is 9.47 Å². The summed E-state index contributed by atoms with van der Waals surface area (Å²) in [4.78, 5) is 31.2. The third-order valence-corrected chi connectivity index (χ3v) is 4.65. The first-order chi connectivity index (χ1) is 13.6. The van der Waals surface area contributed by atoms with E-state index < -0.39 is 11.2 Å². The van der Waals surface area contributed by atoms with Gasteiger partial charge in [0.25, 0.3) is 0 Å². The van der Waals surface area contributed by atoms with E-state index >= 15 is 0 Å². The minimum atomic E-state index is -0.570. The van der Waals surface area contributed by atoms with Crippen molar-refractivity contribution in [2.75, 3.05) is 52.4 Å². The van der Waals surface area contributed by atoms with Crippen LogP contribution in [-0.2, 0) is 9.47 Å². The zero-order chi connectivity index (χ0) is 23.2. The van der Waals surface area contributed by atoms with Crippen LogP contribution in [0.1, 0.15) is 62.3 Å². The van der Waals surface area contributed by atoms with Gasteiger partial charge >= 0.3 is 12.2 Å². The first-order valence-electron chi connectivity index (χ1n) is 11.0. The van der Waals surface area contributed by atoms with Gasteiger partial charge in [-0.1, -0.05) is 0 Å². The van der Waals surface area contributed by atoms with E-state index in [-0.39, 0.29) is 17.7 Å². The minimum Gasteiger partial charge on any atom is -0.444 e. The van der Waals surface area contributed by atoms with Gasteiger partial charge in [-0.2, -0.15) is 0 Å². The molecule has 8 nitrogen and oxygen atoms in total. The molecule has 0 aliphatic carbocycles. The summed E-state index contributed by atoms with van der Waals surface area (Å²) in [5.74, 6) is 0. The lowest BCUT2D eigenvalue weighted by Crippen LogP contribution is -2.52. The Kier molecular flexibility index (Phi) is 9.42. The Morgan fingerprint density at radius 1 is 0.633 bits per heavy atom. The second-order valence-electron chi connectivity index (χ2n) is 10.8. The lowest BCUT2D eigenvalue weighted by atomic mass is 10.1. The molecular weight excluding hydrogens is 384 g/mol. The number of amides is 2. The minimum absolute atomic E-state index is 0.00600. The molecular formula is C22H44N4O4. The van der Waals surface area contributed by atoms with Gasteiger partial charge in [0.1, 0.15) is 11.2 Å². The molecule has 0 saturated carbocycles. The van der Waals surface area contributed by atoms with E-state index in [0.717, 1.165) is 19.6 Å². The molecule has 1 fully saturated rings. The Labute approximate surface area is 183 Å². The molecule has 0 unspecified atom stereocenters. The average molecular weight is 429 g/mol. The molecule has 30 heavy (non-hydrogen) atoms. The van der Waals surface area contributed by atoms with E-state index in [2.05, 4.69) is 31.0 Å². The molecule has 0 aromatic rings. The molecule has 0 aromatic carbocycles. The van der Waals surface area contributed by atoms with Crippen LogP contribution in [0.4, 0.5) is 9.59 Å². The highest BCUT2D eigenvalue weighted by Gasteiger charge is 2.28. The number of carbonyl (C=O) groups is 2. The summed E-state index contributed by atoms with van der Waals surface area (Å²) in [5, 5.41) is 3.42. The van der Waals surface area contributed by atoms with Crippen LogP contribution in [-0.4, -0.2) is 96.0 Å². The fraction of sp³-hybridized carbons (Fsp3) is 0.909. The van der Waals surface area contributed by atoms with Gasteiger partial charge in [-0.05, 0) is 62.3 Å². The molecule has 8 heteroatoms. The molecule has 0 spiro atoms. The molecule has 0 atom stereocenters. The standard InChI is InChI=1S/C22H44N4O4/c1-20(2,3)26-13-11-23-10-12-24(18(27)29-21(4,5)6)14-15-25(16-17-26)19(28)30-22(7,8)9/h23H,10-17H2,1-9H3. The van der Waals surface area contributed by atoms with E-state index in [1.54, 1.807) is 9.80 Å². The summed E-state index contributed by atoms with van der Waals surface area (Å²) >= 11 is 0. The first-order valence-corrected chi connectivity index (χ1v) is 11.0. The second kappa shape index (κ2) is 10.7. The highest BCUT2D eigenvalue weighted by molar-refractivity contribution is 5.69. The van der Waals surface area contributed by atoms with Crippen LogP contribution in [0.5, 0.6) is 0 Å². The van der Waals surface area contributed by atoms with Crippen molar-refractivity contribution < 1.29 is 19.1 Å². The Bertz CT molecular complexity index is 561. The number of rotatable bonds is 0. The molecule has 0 bridgehead atoms. The van der Waals surface area contributed by atoms with Gasteiger partial charge in [0.2, 0.25) is 0 Å². The average Bonchev–Trinajstić information content (AvgIpc) is 2.50. The van der Waals surface area contributed by atoms with Crippen LogP contribution in [0.25, 0.3) is 0 Å². The van der Waals surface area contributed by atoms with Crippen molar-refractivity contribution in [3.63, 3.8) is 0 Å². The summed E-state index contributed by atoms with van der Waals surface area (Å²) < 4.78 is 11.2. The Balaban J connectivity index is 2.98. The normalized spacial score (nSPS) is 19.0. The molecule has 1 N–H and O–H groups in total. The van der Waals surface area contributed by atoms with Crippen LogP contribution in [0.15, 0.2) is 0 Å². The zero-order valence-electron chi connectivity index (χ0n) is 20.6. The molecule has 0 radical (unpaired) electrons. The highest BCUT2D eigenvalue weighted by Crippen LogP contribution is 2.15. The predicted octanol–water partition coefficient (Wildman–Crippen LogP) is 3.16. The number of ether oxygens (including phenoxy) is 2. The topological polar surface area (TPSA) is 74.4 Å². The third kappa shape index (κ3) is 10.5. The molecule has 2 amide bonds. The van der Waals surface area contributed by atoms with Crippen LogP contribution >= 0.6 is 0 Å². The van der Waals surface area contributed by atoms with Gasteiger partial charge in [-0.15, -0.1) is 0 Å². The van der Waals surface area contributed by atoms with Crippen LogP contribution in [0.3, 0.4) is 0 Å². The number of nitrogens with zero attached hydrogens (tertiary/aromatic N) is 3. The third-order valence-electron chi connectivity index (χ3n) is 4.65. The molecule has 0 aromatic heterocycles. The molecule has 1 heterocycles. The quantitative estimate of drug-likeness (QED) is 0.639. The predicted molar refractivity (Wildman–Crippen MR) is 120 cm³/mol. The number of carbonyl (C=O) groups excluding carboxylic acids is 2.